The van der Waals surface area contributed by atoms with Crippen molar-refractivity contribution in [3.63, 3.8) is 0 Å². The average Bonchev–Trinajstić information content (AvgIpc) is 3.10. The highest BCUT2D eigenvalue weighted by atomic mass is 16.5. The smallest absolute Gasteiger partial charge is 0.260 e. The van der Waals surface area contributed by atoms with Gasteiger partial charge >= 0.3 is 0 Å². The Labute approximate surface area is 138 Å². The van der Waals surface area contributed by atoms with Crippen LogP contribution in [0.4, 0.5) is 5.82 Å². The summed E-state index contributed by atoms with van der Waals surface area (Å²) in [6.45, 7) is 2.03. The van der Waals surface area contributed by atoms with Gasteiger partial charge in [-0.15, -0.1) is 5.10 Å². The zero-order chi connectivity index (χ0) is 17.1. The lowest BCUT2D eigenvalue weighted by Gasteiger charge is -2.11. The largest absolute Gasteiger partial charge is 0.485 e. The summed E-state index contributed by atoms with van der Waals surface area (Å²) in [6.07, 6.45) is 0. The van der Waals surface area contributed by atoms with Crippen molar-refractivity contribution in [2.45, 2.75) is 13.5 Å². The molecule has 3 rings (SSSR count). The number of carbonyl (C=O) groups excluding carboxylic acids is 1. The van der Waals surface area contributed by atoms with E-state index in [9.17, 15) is 4.79 Å². The summed E-state index contributed by atoms with van der Waals surface area (Å²) in [5.74, 6) is 1.36. The second-order valence-electron chi connectivity index (χ2n) is 5.25. The van der Waals surface area contributed by atoms with Crippen LogP contribution in [-0.2, 0) is 20.7 Å². The van der Waals surface area contributed by atoms with Gasteiger partial charge in [-0.3, -0.25) is 9.48 Å². The monoisotopic (exact) mass is 327 g/mol. The highest BCUT2D eigenvalue weighted by molar-refractivity contribution is 6.05. The number of para-hydroxylation sites is 1. The Morgan fingerprint density at radius 1 is 1.25 bits per heavy atom. The number of rotatable bonds is 5. The summed E-state index contributed by atoms with van der Waals surface area (Å²) in [6, 6.07) is 8.80. The number of amides is 1. The first-order valence-electron chi connectivity index (χ1n) is 7.29. The molecule has 2 heterocycles. The average molecular weight is 327 g/mol. The molecule has 1 aromatic carbocycles. The maximum Gasteiger partial charge on any atom is 0.260 e. The molecule has 0 bridgehead atoms. The summed E-state index contributed by atoms with van der Waals surface area (Å²) in [5, 5.41) is 18.2. The van der Waals surface area contributed by atoms with Gasteiger partial charge in [-0.2, -0.15) is 5.10 Å². The highest BCUT2D eigenvalue weighted by Crippen LogP contribution is 2.20. The summed E-state index contributed by atoms with van der Waals surface area (Å²) < 4.78 is 8.84. The van der Waals surface area contributed by atoms with Crippen molar-refractivity contribution < 1.29 is 9.53 Å². The van der Waals surface area contributed by atoms with Crippen LogP contribution in [0.5, 0.6) is 5.75 Å². The molecule has 9 heteroatoms. The van der Waals surface area contributed by atoms with E-state index in [1.54, 1.807) is 49.1 Å². The van der Waals surface area contributed by atoms with E-state index >= 15 is 0 Å². The summed E-state index contributed by atoms with van der Waals surface area (Å²) in [5.41, 5.74) is 1.25. The second kappa shape index (κ2) is 6.49. The van der Waals surface area contributed by atoms with Crippen LogP contribution in [0.3, 0.4) is 0 Å². The normalized spacial score (nSPS) is 10.6. The molecule has 0 atom stereocenters. The van der Waals surface area contributed by atoms with Crippen molar-refractivity contribution in [2.24, 2.45) is 14.1 Å². The van der Waals surface area contributed by atoms with Crippen molar-refractivity contribution in [2.75, 3.05) is 5.32 Å². The van der Waals surface area contributed by atoms with Crippen molar-refractivity contribution in [3.8, 4) is 5.75 Å². The molecule has 0 radical (unpaired) electrons. The van der Waals surface area contributed by atoms with Gasteiger partial charge in [-0.1, -0.05) is 12.1 Å². The first kappa shape index (κ1) is 15.7. The molecule has 2 aromatic heterocycles. The van der Waals surface area contributed by atoms with Gasteiger partial charge in [-0.25, -0.2) is 4.68 Å². The van der Waals surface area contributed by atoms with Gasteiger partial charge in [-0.05, 0) is 29.5 Å². The van der Waals surface area contributed by atoms with Gasteiger partial charge in [0.2, 0.25) is 0 Å². The number of tetrazole rings is 1. The van der Waals surface area contributed by atoms with Crippen LogP contribution in [-0.4, -0.2) is 35.9 Å². The topological polar surface area (TPSA) is 99.8 Å². The Morgan fingerprint density at radius 2 is 2.04 bits per heavy atom. The van der Waals surface area contributed by atoms with Crippen LogP contribution in [0.1, 0.15) is 21.9 Å². The quantitative estimate of drug-likeness (QED) is 0.753. The standard InChI is InChI=1S/C15H17N7O2/c1-10-8-13(21(2)18-10)16-15(23)11-6-4-5-7-12(11)24-9-14-17-19-20-22(14)3/h4-8H,9H2,1-3H3,(H,16,23). The summed E-state index contributed by atoms with van der Waals surface area (Å²) >= 11 is 0. The zero-order valence-electron chi connectivity index (χ0n) is 13.6. The van der Waals surface area contributed by atoms with Gasteiger partial charge in [0, 0.05) is 20.2 Å². The molecule has 24 heavy (non-hydrogen) atoms. The van der Waals surface area contributed by atoms with Crippen LogP contribution >= 0.6 is 0 Å². The maximum absolute atomic E-state index is 12.5. The fraction of sp³-hybridized carbons (Fsp3) is 0.267. The molecule has 0 spiro atoms. The number of carbonyl (C=O) groups is 1. The van der Waals surface area contributed by atoms with E-state index in [1.807, 2.05) is 6.92 Å². The van der Waals surface area contributed by atoms with E-state index in [0.717, 1.165) is 5.69 Å². The lowest BCUT2D eigenvalue weighted by molar-refractivity contribution is 0.102. The van der Waals surface area contributed by atoms with E-state index < -0.39 is 0 Å². The lowest BCUT2D eigenvalue weighted by Crippen LogP contribution is -2.16. The molecule has 0 aliphatic carbocycles. The minimum absolute atomic E-state index is 0.165. The number of aryl methyl sites for hydroxylation is 3. The summed E-state index contributed by atoms with van der Waals surface area (Å²) in [7, 11) is 3.49. The third-order valence-electron chi connectivity index (χ3n) is 3.44. The van der Waals surface area contributed by atoms with E-state index in [0.29, 0.717) is 23.0 Å². The number of nitrogens with one attached hydrogen (secondary N) is 1. The van der Waals surface area contributed by atoms with Gasteiger partial charge in [0.1, 0.15) is 18.2 Å². The minimum Gasteiger partial charge on any atom is -0.485 e. The van der Waals surface area contributed by atoms with Gasteiger partial charge in [0.25, 0.3) is 5.91 Å². The molecule has 0 saturated carbocycles. The van der Waals surface area contributed by atoms with Crippen LogP contribution in [0.25, 0.3) is 0 Å². The molecule has 1 amide bonds. The Bertz CT molecular complexity index is 868. The van der Waals surface area contributed by atoms with Crippen molar-refractivity contribution in [1.82, 2.24) is 30.0 Å². The number of hydrogen-bond donors (Lipinski definition) is 1. The first-order chi connectivity index (χ1) is 11.5. The van der Waals surface area contributed by atoms with Crippen molar-refractivity contribution in [1.29, 1.82) is 0 Å². The van der Waals surface area contributed by atoms with Crippen molar-refractivity contribution >= 4 is 11.7 Å². The van der Waals surface area contributed by atoms with E-state index in [2.05, 4.69) is 25.9 Å². The van der Waals surface area contributed by atoms with E-state index in [1.165, 1.54) is 4.68 Å². The number of benzene rings is 1. The Balaban J connectivity index is 1.77. The molecule has 0 unspecified atom stereocenters. The van der Waals surface area contributed by atoms with Crippen LogP contribution in [0.2, 0.25) is 0 Å². The van der Waals surface area contributed by atoms with Crippen LogP contribution in [0.15, 0.2) is 30.3 Å². The SMILES string of the molecule is Cc1cc(NC(=O)c2ccccc2OCc2nnnn2C)n(C)n1. The molecule has 0 saturated heterocycles. The fourth-order valence-corrected chi connectivity index (χ4v) is 2.20. The van der Waals surface area contributed by atoms with Gasteiger partial charge < -0.3 is 10.1 Å². The molecule has 1 N–H and O–H groups in total. The molecule has 0 fully saturated rings. The molecule has 9 nitrogen and oxygen atoms in total. The first-order valence-corrected chi connectivity index (χ1v) is 7.29. The van der Waals surface area contributed by atoms with Gasteiger partial charge in [0.15, 0.2) is 5.82 Å². The van der Waals surface area contributed by atoms with Crippen molar-refractivity contribution in [3.05, 3.63) is 47.4 Å². The summed E-state index contributed by atoms with van der Waals surface area (Å²) in [4.78, 5) is 12.5. The van der Waals surface area contributed by atoms with Crippen LogP contribution in [0, 0.1) is 6.92 Å². The van der Waals surface area contributed by atoms with E-state index in [4.69, 9.17) is 4.74 Å². The third kappa shape index (κ3) is 3.24. The zero-order valence-corrected chi connectivity index (χ0v) is 13.6. The number of anilines is 1. The fourth-order valence-electron chi connectivity index (χ4n) is 2.20. The second-order valence-corrected chi connectivity index (χ2v) is 5.25. The number of hydrogen-bond acceptors (Lipinski definition) is 6. The Hall–Kier alpha value is -3.23. The number of nitrogens with zero attached hydrogens (tertiary/aromatic N) is 6. The number of ether oxygens (including phenoxy) is 1. The van der Waals surface area contributed by atoms with E-state index in [-0.39, 0.29) is 12.5 Å². The lowest BCUT2D eigenvalue weighted by atomic mass is 10.2. The Kier molecular flexibility index (Phi) is 4.23. The molecule has 0 aliphatic rings. The molecule has 3 aromatic rings. The maximum atomic E-state index is 12.5. The molecular formula is C15H17N7O2. The predicted molar refractivity (Wildman–Crippen MR) is 85.5 cm³/mol. The number of aromatic nitrogens is 6. The third-order valence-corrected chi connectivity index (χ3v) is 3.44. The van der Waals surface area contributed by atoms with Crippen LogP contribution < -0.4 is 10.1 Å². The highest BCUT2D eigenvalue weighted by Gasteiger charge is 2.15. The molecule has 0 aliphatic heterocycles. The minimum atomic E-state index is -0.273. The molecular weight excluding hydrogens is 310 g/mol. The Morgan fingerprint density at radius 3 is 2.71 bits per heavy atom. The predicted octanol–water partition coefficient (Wildman–Crippen LogP) is 1.08. The molecule has 124 valence electrons. The van der Waals surface area contributed by atoms with Gasteiger partial charge in [0.05, 0.1) is 11.3 Å².